The molecule has 16 heavy (non-hydrogen) atoms. The van der Waals surface area contributed by atoms with E-state index in [9.17, 15) is 0 Å². The lowest BCUT2D eigenvalue weighted by molar-refractivity contribution is 0.827. The van der Waals surface area contributed by atoms with Crippen molar-refractivity contribution in [1.82, 2.24) is 10.2 Å². The Morgan fingerprint density at radius 2 is 1.81 bits per heavy atom. The van der Waals surface area contributed by atoms with Crippen LogP contribution in [0, 0.1) is 3.70 Å². The van der Waals surface area contributed by atoms with Crippen LogP contribution in [-0.2, 0) is 12.8 Å². The molecule has 0 atom stereocenters. The smallest absolute Gasteiger partial charge is 0.124 e. The van der Waals surface area contributed by atoms with Gasteiger partial charge >= 0.3 is 0 Å². The Morgan fingerprint density at radius 1 is 1.00 bits per heavy atom. The molecule has 0 saturated carbocycles. The molecule has 0 radical (unpaired) electrons. The van der Waals surface area contributed by atoms with E-state index in [0.717, 1.165) is 22.2 Å². The fourth-order valence-electron chi connectivity index (χ4n) is 2.26. The lowest BCUT2D eigenvalue weighted by Crippen LogP contribution is -1.96. The van der Waals surface area contributed by atoms with E-state index in [-0.39, 0.29) is 0 Å². The van der Waals surface area contributed by atoms with Crippen molar-refractivity contribution in [3.63, 3.8) is 0 Å². The summed E-state index contributed by atoms with van der Waals surface area (Å²) in [4.78, 5) is 0. The number of hydrogen-bond donors (Lipinski definition) is 0. The molecule has 0 saturated heterocycles. The molecule has 2 aromatic rings. The topological polar surface area (TPSA) is 25.8 Å². The van der Waals surface area contributed by atoms with Gasteiger partial charge in [0, 0.05) is 5.56 Å². The van der Waals surface area contributed by atoms with Gasteiger partial charge in [0.1, 0.15) is 3.70 Å². The minimum atomic E-state index is 0.982. The molecule has 1 aliphatic carbocycles. The summed E-state index contributed by atoms with van der Waals surface area (Å²) in [5.41, 5.74) is 5.08. The van der Waals surface area contributed by atoms with Crippen LogP contribution in [0.2, 0.25) is 0 Å². The average Bonchev–Trinajstić information content (AvgIpc) is 2.47. The van der Waals surface area contributed by atoms with Crippen LogP contribution in [0.5, 0.6) is 0 Å². The molecule has 0 spiro atoms. The number of benzene rings is 1. The Hall–Kier alpha value is -0.970. The van der Waals surface area contributed by atoms with Gasteiger partial charge in [-0.05, 0) is 59.0 Å². The van der Waals surface area contributed by atoms with Crippen LogP contribution >= 0.6 is 22.6 Å². The second-order valence-corrected chi connectivity index (χ2v) is 5.16. The van der Waals surface area contributed by atoms with E-state index < -0.39 is 0 Å². The third kappa shape index (κ3) is 1.73. The predicted molar refractivity (Wildman–Crippen MR) is 72.2 cm³/mol. The monoisotopic (exact) mass is 322 g/mol. The first-order valence-corrected chi connectivity index (χ1v) is 6.53. The molecule has 0 aliphatic heterocycles. The highest BCUT2D eigenvalue weighted by atomic mass is 127. The summed E-state index contributed by atoms with van der Waals surface area (Å²) >= 11 is 2.22. The van der Waals surface area contributed by atoms with Crippen molar-refractivity contribution >= 4 is 22.6 Å². The van der Waals surface area contributed by atoms with Crippen LogP contribution in [0.4, 0.5) is 0 Å². The molecule has 0 bridgehead atoms. The number of hydrogen-bond acceptors (Lipinski definition) is 2. The second-order valence-electron chi connectivity index (χ2n) is 4.05. The van der Waals surface area contributed by atoms with Crippen molar-refractivity contribution in [2.45, 2.75) is 19.3 Å². The molecular weight excluding hydrogens is 311 g/mol. The van der Waals surface area contributed by atoms with Gasteiger partial charge in [-0.25, -0.2) is 0 Å². The normalized spacial score (nSPS) is 13.8. The summed E-state index contributed by atoms with van der Waals surface area (Å²) < 4.78 is 0.982. The molecule has 0 N–H and O–H groups in total. The summed E-state index contributed by atoms with van der Waals surface area (Å²) in [5, 5.41) is 8.53. The number of nitrogens with zero attached hydrogens (tertiary/aromatic N) is 2. The Morgan fingerprint density at radius 3 is 2.75 bits per heavy atom. The zero-order valence-electron chi connectivity index (χ0n) is 8.78. The van der Waals surface area contributed by atoms with E-state index in [1.54, 1.807) is 0 Å². The maximum atomic E-state index is 4.36. The standard InChI is InChI=1S/C13H11IN2/c14-12-8-10-6-3-5-9-4-1-2-7-11(9)13(10)16-15-12/h1-2,4,7-8H,3,5-6H2. The number of rotatable bonds is 0. The van der Waals surface area contributed by atoms with Gasteiger partial charge in [-0.15, -0.1) is 10.2 Å². The molecule has 0 unspecified atom stereocenters. The molecule has 3 rings (SSSR count). The maximum Gasteiger partial charge on any atom is 0.124 e. The van der Waals surface area contributed by atoms with Crippen LogP contribution in [0.3, 0.4) is 0 Å². The van der Waals surface area contributed by atoms with Gasteiger partial charge in [-0.2, -0.15) is 0 Å². The largest absolute Gasteiger partial charge is 0.149 e. The zero-order valence-corrected chi connectivity index (χ0v) is 10.9. The fourth-order valence-corrected chi connectivity index (χ4v) is 2.74. The molecule has 1 heterocycles. The zero-order chi connectivity index (χ0) is 11.0. The molecule has 1 aromatic carbocycles. The summed E-state index contributed by atoms with van der Waals surface area (Å²) in [5.74, 6) is 0. The fraction of sp³-hybridized carbons (Fsp3) is 0.231. The van der Waals surface area contributed by atoms with Crippen molar-refractivity contribution in [3.8, 4) is 11.3 Å². The number of fused-ring (bicyclic) bond motifs is 3. The van der Waals surface area contributed by atoms with Gasteiger partial charge in [-0.1, -0.05) is 24.3 Å². The molecular formula is C13H11IN2. The van der Waals surface area contributed by atoms with E-state index in [1.807, 2.05) is 0 Å². The minimum Gasteiger partial charge on any atom is -0.149 e. The first-order chi connectivity index (χ1) is 7.84. The van der Waals surface area contributed by atoms with Crippen LogP contribution in [0.25, 0.3) is 11.3 Å². The lowest BCUT2D eigenvalue weighted by atomic mass is 10.0. The molecule has 1 aromatic heterocycles. The third-order valence-corrected chi connectivity index (χ3v) is 3.53. The quantitative estimate of drug-likeness (QED) is 0.696. The van der Waals surface area contributed by atoms with Gasteiger partial charge in [0.25, 0.3) is 0 Å². The first kappa shape index (κ1) is 10.2. The Bertz CT molecular complexity index is 537. The van der Waals surface area contributed by atoms with Crippen LogP contribution in [-0.4, -0.2) is 10.2 Å². The van der Waals surface area contributed by atoms with E-state index in [4.69, 9.17) is 0 Å². The second kappa shape index (κ2) is 4.13. The average molecular weight is 322 g/mol. The van der Waals surface area contributed by atoms with Gasteiger partial charge in [-0.3, -0.25) is 0 Å². The Labute approximate surface area is 108 Å². The summed E-state index contributed by atoms with van der Waals surface area (Å²) in [7, 11) is 0. The highest BCUT2D eigenvalue weighted by molar-refractivity contribution is 14.1. The SMILES string of the molecule is Ic1cc2c(nn1)-c1ccccc1CCC2. The van der Waals surface area contributed by atoms with E-state index in [0.29, 0.717) is 0 Å². The van der Waals surface area contributed by atoms with Crippen molar-refractivity contribution in [3.05, 3.63) is 45.2 Å². The lowest BCUT2D eigenvalue weighted by Gasteiger charge is -2.06. The number of aryl methyl sites for hydroxylation is 2. The van der Waals surface area contributed by atoms with Crippen molar-refractivity contribution in [2.75, 3.05) is 0 Å². The minimum absolute atomic E-state index is 0.982. The molecule has 80 valence electrons. The molecule has 3 heteroatoms. The predicted octanol–water partition coefficient (Wildman–Crippen LogP) is 3.24. The Kier molecular flexibility index (Phi) is 2.63. The molecule has 1 aliphatic rings. The number of halogens is 1. The molecule has 2 nitrogen and oxygen atoms in total. The number of aromatic nitrogens is 2. The first-order valence-electron chi connectivity index (χ1n) is 5.45. The van der Waals surface area contributed by atoms with Gasteiger partial charge in [0.05, 0.1) is 5.69 Å². The summed E-state index contributed by atoms with van der Waals surface area (Å²) in [6.45, 7) is 0. The van der Waals surface area contributed by atoms with Crippen LogP contribution in [0.15, 0.2) is 30.3 Å². The van der Waals surface area contributed by atoms with E-state index >= 15 is 0 Å². The third-order valence-electron chi connectivity index (χ3n) is 3.01. The maximum absolute atomic E-state index is 4.36. The Balaban J connectivity index is 2.25. The van der Waals surface area contributed by atoms with E-state index in [1.165, 1.54) is 23.1 Å². The van der Waals surface area contributed by atoms with Gasteiger partial charge in [0.15, 0.2) is 0 Å². The summed E-state index contributed by atoms with van der Waals surface area (Å²) in [6.07, 6.45) is 3.45. The molecule has 0 fully saturated rings. The van der Waals surface area contributed by atoms with Crippen molar-refractivity contribution in [2.24, 2.45) is 0 Å². The molecule has 0 amide bonds. The van der Waals surface area contributed by atoms with Crippen LogP contribution < -0.4 is 0 Å². The van der Waals surface area contributed by atoms with Gasteiger partial charge in [0.2, 0.25) is 0 Å². The van der Waals surface area contributed by atoms with E-state index in [2.05, 4.69) is 63.1 Å². The van der Waals surface area contributed by atoms with Crippen LogP contribution in [0.1, 0.15) is 17.5 Å². The van der Waals surface area contributed by atoms with Crippen molar-refractivity contribution in [1.29, 1.82) is 0 Å². The van der Waals surface area contributed by atoms with Gasteiger partial charge < -0.3 is 0 Å². The summed E-state index contributed by atoms with van der Waals surface area (Å²) in [6, 6.07) is 10.7. The highest BCUT2D eigenvalue weighted by Gasteiger charge is 2.15. The van der Waals surface area contributed by atoms with Crippen molar-refractivity contribution < 1.29 is 0 Å². The highest BCUT2D eigenvalue weighted by Crippen LogP contribution is 2.30.